The maximum atomic E-state index is 14.2. The quantitative estimate of drug-likeness (QED) is 0.532. The molecule has 5 rings (SSSR count). The van der Waals surface area contributed by atoms with Crippen molar-refractivity contribution in [2.24, 2.45) is 5.16 Å². The van der Waals surface area contributed by atoms with Gasteiger partial charge in [-0.05, 0) is 90.0 Å². The third-order valence-corrected chi connectivity index (χ3v) is 7.23. The van der Waals surface area contributed by atoms with Crippen molar-refractivity contribution in [3.8, 4) is 0 Å². The number of rotatable bonds is 5. The van der Waals surface area contributed by atoms with Gasteiger partial charge in [0.15, 0.2) is 11.3 Å². The summed E-state index contributed by atoms with van der Waals surface area (Å²) in [5, 5.41) is 3.97. The zero-order valence-electron chi connectivity index (χ0n) is 23.3. The molecule has 9 heteroatoms. The van der Waals surface area contributed by atoms with Gasteiger partial charge in [-0.15, -0.1) is 0 Å². The van der Waals surface area contributed by atoms with Gasteiger partial charge < -0.3 is 14.5 Å². The molecule has 0 radical (unpaired) electrons. The van der Waals surface area contributed by atoms with E-state index in [2.05, 4.69) is 10.1 Å². The van der Waals surface area contributed by atoms with Crippen molar-refractivity contribution >= 4 is 29.3 Å². The predicted molar refractivity (Wildman–Crippen MR) is 147 cm³/mol. The minimum absolute atomic E-state index is 0.199. The molecule has 3 aliphatic rings. The summed E-state index contributed by atoms with van der Waals surface area (Å²) in [5.74, 6) is 0.631. The number of ketones is 1. The molecule has 0 unspecified atom stereocenters. The lowest BCUT2D eigenvalue weighted by Gasteiger charge is -2.39. The molecule has 2 aromatic rings. The average molecular weight is 533 g/mol. The molecule has 0 N–H and O–H groups in total. The zero-order valence-corrected chi connectivity index (χ0v) is 23.3. The Labute approximate surface area is 229 Å². The molecule has 9 nitrogen and oxygen atoms in total. The number of carbonyl (C=O) groups is 3. The second kappa shape index (κ2) is 10.1. The van der Waals surface area contributed by atoms with Gasteiger partial charge in [0.05, 0.1) is 6.04 Å². The largest absolute Gasteiger partial charge is 0.444 e. The van der Waals surface area contributed by atoms with E-state index in [9.17, 15) is 14.4 Å². The summed E-state index contributed by atoms with van der Waals surface area (Å²) in [6.45, 7) is 9.83. The standard InChI is InChI=1S/C30H36N4O5/c1-29(2,3)38-28(37)33-17-7-8-22(18-33)34(26-23(19-10-11-19)9-6-16-31-26)27(36)21-14-12-20(13-15-21)24-25(35)30(4,5)39-32-24/h6,9,12-16,19,22H,7-8,10-11,17-18H2,1-5H3/t22-/m1/s1. The number of hydrogen-bond acceptors (Lipinski definition) is 7. The molecule has 1 aromatic heterocycles. The summed E-state index contributed by atoms with van der Waals surface area (Å²) in [6, 6.07) is 10.6. The molecule has 0 bridgehead atoms. The number of Topliss-reactive ketones (excluding diaryl/α,β-unsaturated/α-hetero) is 1. The highest BCUT2D eigenvalue weighted by Crippen LogP contribution is 2.44. The summed E-state index contributed by atoms with van der Waals surface area (Å²) in [6.07, 6.45) is 4.96. The Morgan fingerprint density at radius 1 is 1.10 bits per heavy atom. The van der Waals surface area contributed by atoms with Crippen LogP contribution in [0.4, 0.5) is 10.6 Å². The molecule has 2 amide bonds. The van der Waals surface area contributed by atoms with Gasteiger partial charge in [0.2, 0.25) is 5.78 Å². The van der Waals surface area contributed by atoms with Gasteiger partial charge in [0.25, 0.3) is 5.91 Å². The molecule has 2 fully saturated rings. The van der Waals surface area contributed by atoms with Crippen LogP contribution < -0.4 is 4.90 Å². The highest BCUT2D eigenvalue weighted by Gasteiger charge is 2.41. The molecular formula is C30H36N4O5. The average Bonchev–Trinajstić information content (AvgIpc) is 3.70. The van der Waals surface area contributed by atoms with E-state index in [0.29, 0.717) is 36.0 Å². The van der Waals surface area contributed by atoms with Crippen LogP contribution in [0.15, 0.2) is 47.8 Å². The Morgan fingerprint density at radius 2 is 1.82 bits per heavy atom. The first kappa shape index (κ1) is 26.8. The number of aromatic nitrogens is 1. The van der Waals surface area contributed by atoms with Crippen molar-refractivity contribution in [3.05, 3.63) is 59.3 Å². The lowest BCUT2D eigenvalue weighted by molar-refractivity contribution is -0.128. The number of piperidine rings is 1. The minimum Gasteiger partial charge on any atom is -0.444 e. The van der Waals surface area contributed by atoms with E-state index in [0.717, 1.165) is 31.2 Å². The molecule has 1 saturated carbocycles. The van der Waals surface area contributed by atoms with E-state index in [1.807, 2.05) is 32.9 Å². The van der Waals surface area contributed by atoms with Gasteiger partial charge in [-0.25, -0.2) is 9.78 Å². The molecular weight excluding hydrogens is 496 g/mol. The Balaban J connectivity index is 1.45. The fraction of sp³-hybridized carbons (Fsp3) is 0.500. The van der Waals surface area contributed by atoms with E-state index >= 15 is 0 Å². The number of benzene rings is 1. The number of hydrogen-bond donors (Lipinski definition) is 0. The maximum absolute atomic E-state index is 14.2. The monoisotopic (exact) mass is 532 g/mol. The second-order valence-corrected chi connectivity index (χ2v) is 12.0. The van der Waals surface area contributed by atoms with E-state index in [-0.39, 0.29) is 29.5 Å². The van der Waals surface area contributed by atoms with Crippen LogP contribution in [0.3, 0.4) is 0 Å². The Bertz CT molecular complexity index is 1310. The fourth-order valence-electron chi connectivity index (χ4n) is 5.04. The number of amides is 2. The third kappa shape index (κ3) is 5.67. The van der Waals surface area contributed by atoms with Crippen LogP contribution in [0.5, 0.6) is 0 Å². The van der Waals surface area contributed by atoms with Gasteiger partial charge in [-0.3, -0.25) is 14.5 Å². The fourth-order valence-corrected chi connectivity index (χ4v) is 5.04. The van der Waals surface area contributed by atoms with Gasteiger partial charge >= 0.3 is 6.09 Å². The highest BCUT2D eigenvalue weighted by molar-refractivity contribution is 6.49. The number of nitrogens with zero attached hydrogens (tertiary/aromatic N) is 4. The molecule has 2 aliphatic heterocycles. The predicted octanol–water partition coefficient (Wildman–Crippen LogP) is 5.09. The molecule has 39 heavy (non-hydrogen) atoms. The number of likely N-dealkylation sites (tertiary alicyclic amines) is 1. The number of carbonyl (C=O) groups excluding carboxylic acids is 3. The number of anilines is 1. The van der Waals surface area contributed by atoms with Gasteiger partial charge in [0, 0.05) is 30.4 Å². The maximum Gasteiger partial charge on any atom is 0.410 e. The van der Waals surface area contributed by atoms with E-state index in [4.69, 9.17) is 9.57 Å². The Hall–Kier alpha value is -3.75. The summed E-state index contributed by atoms with van der Waals surface area (Å²) < 4.78 is 5.63. The molecule has 1 atom stereocenters. The molecule has 1 saturated heterocycles. The number of pyridine rings is 1. The first-order valence-electron chi connectivity index (χ1n) is 13.6. The Kier molecular flexibility index (Phi) is 6.95. The van der Waals surface area contributed by atoms with Crippen molar-refractivity contribution in [1.29, 1.82) is 0 Å². The highest BCUT2D eigenvalue weighted by atomic mass is 16.7. The van der Waals surface area contributed by atoms with Crippen molar-refractivity contribution in [1.82, 2.24) is 9.88 Å². The van der Waals surface area contributed by atoms with Crippen molar-refractivity contribution in [2.75, 3.05) is 18.0 Å². The van der Waals surface area contributed by atoms with Crippen LogP contribution in [-0.2, 0) is 14.4 Å². The molecule has 3 heterocycles. The minimum atomic E-state index is -1.00. The lowest BCUT2D eigenvalue weighted by Crippen LogP contribution is -2.53. The normalized spacial score (nSPS) is 20.7. The topological polar surface area (TPSA) is 101 Å². The molecule has 1 aliphatic carbocycles. The van der Waals surface area contributed by atoms with Crippen molar-refractivity contribution in [3.63, 3.8) is 0 Å². The number of oxime groups is 1. The zero-order chi connectivity index (χ0) is 27.9. The van der Waals surface area contributed by atoms with Crippen LogP contribution >= 0.6 is 0 Å². The lowest BCUT2D eigenvalue weighted by atomic mass is 9.95. The van der Waals surface area contributed by atoms with Crippen LogP contribution in [0, 0.1) is 0 Å². The SMILES string of the molecule is CC(C)(C)OC(=O)N1CCC[C@@H](N(C(=O)c2ccc(C3=NOC(C)(C)C3=O)cc2)c2ncccc2C2CC2)C1. The van der Waals surface area contributed by atoms with Gasteiger partial charge in [-0.2, -0.15) is 0 Å². The van der Waals surface area contributed by atoms with E-state index in [1.165, 1.54) is 0 Å². The third-order valence-electron chi connectivity index (χ3n) is 7.23. The summed E-state index contributed by atoms with van der Waals surface area (Å²) in [4.78, 5) is 53.2. The summed E-state index contributed by atoms with van der Waals surface area (Å²) >= 11 is 0. The Morgan fingerprint density at radius 3 is 2.44 bits per heavy atom. The summed E-state index contributed by atoms with van der Waals surface area (Å²) in [5.41, 5.74) is 0.761. The van der Waals surface area contributed by atoms with E-state index < -0.39 is 11.2 Å². The van der Waals surface area contributed by atoms with Gasteiger partial charge in [-0.1, -0.05) is 23.4 Å². The van der Waals surface area contributed by atoms with Crippen molar-refractivity contribution in [2.45, 2.75) is 83.5 Å². The smallest absolute Gasteiger partial charge is 0.410 e. The molecule has 1 aromatic carbocycles. The van der Waals surface area contributed by atoms with Gasteiger partial charge in [0.1, 0.15) is 11.4 Å². The van der Waals surface area contributed by atoms with Crippen LogP contribution in [0.1, 0.15) is 87.7 Å². The van der Waals surface area contributed by atoms with E-state index in [1.54, 1.807) is 54.1 Å². The number of ether oxygens (including phenoxy) is 1. The van der Waals surface area contributed by atoms with Crippen LogP contribution in [0.25, 0.3) is 0 Å². The molecule has 206 valence electrons. The van der Waals surface area contributed by atoms with Crippen LogP contribution in [-0.4, -0.2) is 63.7 Å². The first-order chi connectivity index (χ1) is 18.4. The first-order valence-corrected chi connectivity index (χ1v) is 13.6. The second-order valence-electron chi connectivity index (χ2n) is 12.0. The molecule has 0 spiro atoms. The van der Waals surface area contributed by atoms with Crippen molar-refractivity contribution < 1.29 is 24.0 Å². The van der Waals surface area contributed by atoms with Crippen LogP contribution in [0.2, 0.25) is 0 Å². The summed E-state index contributed by atoms with van der Waals surface area (Å²) in [7, 11) is 0.